The molecule has 0 unspecified atom stereocenters. The van der Waals surface area contributed by atoms with Gasteiger partial charge in [0.2, 0.25) is 0 Å². The van der Waals surface area contributed by atoms with Crippen LogP contribution in [0.25, 0.3) is 11.3 Å². The van der Waals surface area contributed by atoms with Gasteiger partial charge in [-0.05, 0) is 46.5 Å². The van der Waals surface area contributed by atoms with E-state index in [1.54, 1.807) is 17.8 Å². The predicted octanol–water partition coefficient (Wildman–Crippen LogP) is 3.29. The van der Waals surface area contributed by atoms with Gasteiger partial charge in [-0.2, -0.15) is 0 Å². The monoisotopic (exact) mass is 436 g/mol. The molecule has 3 aromatic rings. The number of nitrogens with one attached hydrogen (secondary N) is 2. The Kier molecular flexibility index (Phi) is 6.34. The highest BCUT2D eigenvalue weighted by Gasteiger charge is 2.28. The van der Waals surface area contributed by atoms with Gasteiger partial charge in [0.05, 0.1) is 12.2 Å². The molecule has 2 heterocycles. The molecule has 1 fully saturated rings. The van der Waals surface area contributed by atoms with Crippen molar-refractivity contribution in [2.45, 2.75) is 64.6 Å². The molecule has 2 aromatic heterocycles. The molecule has 1 aliphatic rings. The van der Waals surface area contributed by atoms with Crippen molar-refractivity contribution in [3.8, 4) is 11.3 Å². The van der Waals surface area contributed by atoms with Gasteiger partial charge in [-0.1, -0.05) is 40.7 Å². The molecule has 2 amide bonds. The predicted molar refractivity (Wildman–Crippen MR) is 118 cm³/mol. The first kappa shape index (κ1) is 21.7. The van der Waals surface area contributed by atoms with E-state index < -0.39 is 0 Å². The number of hydrogen-bond donors (Lipinski definition) is 2. The van der Waals surface area contributed by atoms with Crippen molar-refractivity contribution in [3.05, 3.63) is 53.5 Å². The van der Waals surface area contributed by atoms with E-state index in [2.05, 4.69) is 26.1 Å². The zero-order valence-electron chi connectivity index (χ0n) is 18.5. The standard InChI is InChI=1S/C23H28N6O3/c1-14(2)24-22(30)19-13-29(28-26-19)18-11-9-17(10-12-18)25-23(31)20-15(3)32-27-21(20)16-7-5-4-6-8-16/h4-8,13-14,17-18H,9-12H2,1-3H3,(H,24,30)(H,25,31). The van der Waals surface area contributed by atoms with E-state index in [1.807, 2.05) is 44.2 Å². The minimum Gasteiger partial charge on any atom is -0.360 e. The first-order valence-corrected chi connectivity index (χ1v) is 11.0. The van der Waals surface area contributed by atoms with E-state index in [9.17, 15) is 9.59 Å². The van der Waals surface area contributed by atoms with Crippen LogP contribution in [0.3, 0.4) is 0 Å². The van der Waals surface area contributed by atoms with Crippen LogP contribution in [0, 0.1) is 6.92 Å². The molecule has 0 atom stereocenters. The maximum atomic E-state index is 13.0. The van der Waals surface area contributed by atoms with Gasteiger partial charge < -0.3 is 15.2 Å². The van der Waals surface area contributed by atoms with Gasteiger partial charge >= 0.3 is 0 Å². The highest BCUT2D eigenvalue weighted by molar-refractivity contribution is 6.00. The summed E-state index contributed by atoms with van der Waals surface area (Å²) in [4.78, 5) is 25.1. The van der Waals surface area contributed by atoms with Gasteiger partial charge in [0, 0.05) is 17.6 Å². The van der Waals surface area contributed by atoms with Crippen molar-refractivity contribution in [1.82, 2.24) is 30.8 Å². The maximum absolute atomic E-state index is 13.0. The van der Waals surface area contributed by atoms with Crippen LogP contribution < -0.4 is 10.6 Å². The van der Waals surface area contributed by atoms with E-state index in [4.69, 9.17) is 4.52 Å². The SMILES string of the molecule is Cc1onc(-c2ccccc2)c1C(=O)NC1CCC(n2cc(C(=O)NC(C)C)nn2)CC1. The number of nitrogens with zero attached hydrogens (tertiary/aromatic N) is 4. The fourth-order valence-corrected chi connectivity index (χ4v) is 4.07. The van der Waals surface area contributed by atoms with Crippen molar-refractivity contribution < 1.29 is 14.1 Å². The Balaban J connectivity index is 1.36. The quantitative estimate of drug-likeness (QED) is 0.613. The van der Waals surface area contributed by atoms with Crippen LogP contribution in [0.15, 0.2) is 41.1 Å². The van der Waals surface area contributed by atoms with Gasteiger partial charge in [0.1, 0.15) is 17.0 Å². The minimum atomic E-state index is -0.217. The van der Waals surface area contributed by atoms with Crippen LogP contribution in [0.5, 0.6) is 0 Å². The molecular weight excluding hydrogens is 408 g/mol. The summed E-state index contributed by atoms with van der Waals surface area (Å²) in [6, 6.07) is 9.82. The topological polar surface area (TPSA) is 115 Å². The minimum absolute atomic E-state index is 0.0446. The van der Waals surface area contributed by atoms with Crippen LogP contribution in [0.4, 0.5) is 0 Å². The second kappa shape index (κ2) is 9.33. The fourth-order valence-electron chi connectivity index (χ4n) is 4.07. The van der Waals surface area contributed by atoms with Gasteiger partial charge in [0.25, 0.3) is 11.8 Å². The lowest BCUT2D eigenvalue weighted by molar-refractivity contribution is 0.0916. The second-order valence-electron chi connectivity index (χ2n) is 8.52. The van der Waals surface area contributed by atoms with Crippen molar-refractivity contribution in [3.63, 3.8) is 0 Å². The van der Waals surface area contributed by atoms with Crippen molar-refractivity contribution in [2.24, 2.45) is 0 Å². The molecule has 9 nitrogen and oxygen atoms in total. The Morgan fingerprint density at radius 3 is 2.50 bits per heavy atom. The van der Waals surface area contributed by atoms with E-state index in [0.717, 1.165) is 31.2 Å². The van der Waals surface area contributed by atoms with E-state index in [0.29, 0.717) is 22.7 Å². The van der Waals surface area contributed by atoms with Gasteiger partial charge in [0.15, 0.2) is 5.69 Å². The third-order valence-electron chi connectivity index (χ3n) is 5.71. The number of aromatic nitrogens is 4. The molecule has 0 saturated heterocycles. The molecule has 1 saturated carbocycles. The largest absolute Gasteiger partial charge is 0.360 e. The lowest BCUT2D eigenvalue weighted by Gasteiger charge is -2.28. The summed E-state index contributed by atoms with van der Waals surface area (Å²) < 4.78 is 7.09. The summed E-state index contributed by atoms with van der Waals surface area (Å²) in [6.07, 6.45) is 5.01. The summed E-state index contributed by atoms with van der Waals surface area (Å²) in [5.74, 6) is 0.120. The zero-order chi connectivity index (χ0) is 22.7. The molecule has 4 rings (SSSR count). The number of hydrogen-bond acceptors (Lipinski definition) is 6. The third kappa shape index (κ3) is 4.71. The number of benzene rings is 1. The average molecular weight is 437 g/mol. The molecule has 0 radical (unpaired) electrons. The van der Waals surface area contributed by atoms with Crippen molar-refractivity contribution in [2.75, 3.05) is 0 Å². The lowest BCUT2D eigenvalue weighted by atomic mass is 9.91. The highest BCUT2D eigenvalue weighted by Crippen LogP contribution is 2.29. The van der Waals surface area contributed by atoms with Crippen LogP contribution in [0.2, 0.25) is 0 Å². The van der Waals surface area contributed by atoms with Crippen LogP contribution in [-0.4, -0.2) is 44.0 Å². The average Bonchev–Trinajstić information content (AvgIpc) is 3.42. The summed E-state index contributed by atoms with van der Waals surface area (Å²) in [7, 11) is 0. The highest BCUT2D eigenvalue weighted by atomic mass is 16.5. The van der Waals surface area contributed by atoms with E-state index in [-0.39, 0.29) is 29.9 Å². The molecule has 2 N–H and O–H groups in total. The molecular formula is C23H28N6O3. The number of carbonyl (C=O) groups excluding carboxylic acids is 2. The van der Waals surface area contributed by atoms with Crippen LogP contribution >= 0.6 is 0 Å². The first-order valence-electron chi connectivity index (χ1n) is 11.0. The Bertz CT molecular complexity index is 1080. The lowest BCUT2D eigenvalue weighted by Crippen LogP contribution is -2.38. The molecule has 1 aliphatic carbocycles. The van der Waals surface area contributed by atoms with E-state index >= 15 is 0 Å². The summed E-state index contributed by atoms with van der Waals surface area (Å²) in [5.41, 5.74) is 2.21. The Hall–Kier alpha value is -3.49. The second-order valence-corrected chi connectivity index (χ2v) is 8.52. The normalized spacial score (nSPS) is 18.5. The molecule has 0 spiro atoms. The van der Waals surface area contributed by atoms with E-state index in [1.165, 1.54) is 0 Å². The van der Waals surface area contributed by atoms with Gasteiger partial charge in [-0.15, -0.1) is 5.10 Å². The van der Waals surface area contributed by atoms with Gasteiger partial charge in [-0.25, -0.2) is 4.68 Å². The molecule has 0 aliphatic heterocycles. The van der Waals surface area contributed by atoms with Crippen LogP contribution in [0.1, 0.15) is 72.2 Å². The number of rotatable bonds is 6. The van der Waals surface area contributed by atoms with Crippen molar-refractivity contribution >= 4 is 11.8 Å². The third-order valence-corrected chi connectivity index (χ3v) is 5.71. The Morgan fingerprint density at radius 1 is 1.09 bits per heavy atom. The molecule has 0 bridgehead atoms. The zero-order valence-corrected chi connectivity index (χ0v) is 18.5. The molecule has 1 aromatic carbocycles. The number of amides is 2. The molecule has 32 heavy (non-hydrogen) atoms. The Morgan fingerprint density at radius 2 is 1.81 bits per heavy atom. The number of aryl methyl sites for hydroxylation is 1. The summed E-state index contributed by atoms with van der Waals surface area (Å²) >= 11 is 0. The smallest absolute Gasteiger partial charge is 0.273 e. The van der Waals surface area contributed by atoms with Crippen molar-refractivity contribution in [1.29, 1.82) is 0 Å². The van der Waals surface area contributed by atoms with Crippen LogP contribution in [-0.2, 0) is 0 Å². The molecule has 9 heteroatoms. The maximum Gasteiger partial charge on any atom is 0.273 e. The summed E-state index contributed by atoms with van der Waals surface area (Å²) in [5, 5.41) is 18.2. The van der Waals surface area contributed by atoms with Gasteiger partial charge in [-0.3, -0.25) is 9.59 Å². The fraction of sp³-hybridized carbons (Fsp3) is 0.435. The summed E-state index contributed by atoms with van der Waals surface area (Å²) in [6.45, 7) is 5.56. The Labute approximate surface area is 186 Å². The molecule has 168 valence electrons. The first-order chi connectivity index (χ1) is 15.4. The number of carbonyl (C=O) groups is 2.